The molecule has 3 aromatic rings. The molecule has 7 nitrogen and oxygen atoms in total. The smallest absolute Gasteiger partial charge is 0.244 e. The lowest BCUT2D eigenvalue weighted by atomic mass is 10.1. The van der Waals surface area contributed by atoms with Gasteiger partial charge in [-0.15, -0.1) is 0 Å². The van der Waals surface area contributed by atoms with Gasteiger partial charge in [0, 0.05) is 42.6 Å². The number of aromatic nitrogens is 1. The van der Waals surface area contributed by atoms with E-state index >= 15 is 0 Å². The number of rotatable bonds is 4. The first-order valence-electron chi connectivity index (χ1n) is 10.8. The summed E-state index contributed by atoms with van der Waals surface area (Å²) < 4.78 is 5.48. The molecule has 1 aromatic heterocycles. The van der Waals surface area contributed by atoms with Crippen molar-refractivity contribution in [3.8, 4) is 5.75 Å². The molecule has 5 rings (SSSR count). The van der Waals surface area contributed by atoms with Gasteiger partial charge in [0.15, 0.2) is 0 Å². The second-order valence-electron chi connectivity index (χ2n) is 8.25. The zero-order valence-electron chi connectivity index (χ0n) is 18.5. The van der Waals surface area contributed by atoms with E-state index in [9.17, 15) is 4.79 Å². The standard InChI is InChI=1S/C25H27N5O2/c1-17-8-9-21-19(14-17)20-15-26-30(18(2)25(20)27-21)16-24(31)29-12-10-28(11-13-29)22-6-4-5-7-23(22)32-3/h4-9,14-15,27H,2,10-13,16H2,1,3H3. The Morgan fingerprint density at radius 1 is 1.16 bits per heavy atom. The average Bonchev–Trinajstić information content (AvgIpc) is 3.19. The number of hydrazone groups is 1. The maximum atomic E-state index is 13.0. The van der Waals surface area contributed by atoms with Crippen LogP contribution in [0.3, 0.4) is 0 Å². The summed E-state index contributed by atoms with van der Waals surface area (Å²) in [6.07, 6.45) is 1.83. The summed E-state index contributed by atoms with van der Waals surface area (Å²) in [5, 5.41) is 7.36. The van der Waals surface area contributed by atoms with Crippen LogP contribution in [0.15, 0.2) is 54.1 Å². The summed E-state index contributed by atoms with van der Waals surface area (Å²) >= 11 is 0. The predicted molar refractivity (Wildman–Crippen MR) is 128 cm³/mol. The predicted octanol–water partition coefficient (Wildman–Crippen LogP) is 3.45. The molecule has 1 fully saturated rings. The summed E-state index contributed by atoms with van der Waals surface area (Å²) in [4.78, 5) is 20.6. The topological polar surface area (TPSA) is 64.2 Å². The number of para-hydroxylation sites is 2. The van der Waals surface area contributed by atoms with E-state index in [0.717, 1.165) is 52.4 Å². The third kappa shape index (κ3) is 3.49. The van der Waals surface area contributed by atoms with E-state index in [2.05, 4.69) is 52.8 Å². The van der Waals surface area contributed by atoms with E-state index in [-0.39, 0.29) is 12.5 Å². The molecular weight excluding hydrogens is 402 g/mol. The first kappa shape index (κ1) is 20.2. The fourth-order valence-electron chi connectivity index (χ4n) is 4.47. The molecule has 0 saturated carbocycles. The number of amides is 1. The summed E-state index contributed by atoms with van der Waals surface area (Å²) in [6.45, 7) is 9.33. The van der Waals surface area contributed by atoms with Crippen LogP contribution in [0.25, 0.3) is 16.6 Å². The number of fused-ring (bicyclic) bond motifs is 3. The highest BCUT2D eigenvalue weighted by Crippen LogP contribution is 2.31. The quantitative estimate of drug-likeness (QED) is 0.690. The highest BCUT2D eigenvalue weighted by molar-refractivity contribution is 6.05. The average molecular weight is 430 g/mol. The number of methoxy groups -OCH3 is 1. The number of aromatic amines is 1. The van der Waals surface area contributed by atoms with E-state index in [1.165, 1.54) is 5.56 Å². The molecule has 0 atom stereocenters. The largest absolute Gasteiger partial charge is 0.495 e. The van der Waals surface area contributed by atoms with Crippen LogP contribution < -0.4 is 9.64 Å². The molecule has 1 amide bonds. The summed E-state index contributed by atoms with van der Waals surface area (Å²) in [5.74, 6) is 0.911. The Bertz CT molecular complexity index is 1220. The molecule has 2 aliphatic heterocycles. The first-order valence-corrected chi connectivity index (χ1v) is 10.8. The van der Waals surface area contributed by atoms with Gasteiger partial charge in [-0.05, 0) is 31.2 Å². The Kier molecular flexibility index (Phi) is 5.09. The molecule has 32 heavy (non-hydrogen) atoms. The lowest BCUT2D eigenvalue weighted by molar-refractivity contribution is -0.132. The van der Waals surface area contributed by atoms with Crippen molar-refractivity contribution in [2.45, 2.75) is 6.92 Å². The van der Waals surface area contributed by atoms with Gasteiger partial charge in [0.2, 0.25) is 5.91 Å². The number of benzene rings is 2. The van der Waals surface area contributed by atoms with Crippen LogP contribution in [0.5, 0.6) is 5.75 Å². The van der Waals surface area contributed by atoms with Crippen LogP contribution >= 0.6 is 0 Å². The van der Waals surface area contributed by atoms with E-state index in [4.69, 9.17) is 4.74 Å². The highest BCUT2D eigenvalue weighted by Gasteiger charge is 2.27. The van der Waals surface area contributed by atoms with Gasteiger partial charge in [-0.1, -0.05) is 30.3 Å². The Labute approximate surface area is 187 Å². The third-order valence-electron chi connectivity index (χ3n) is 6.26. The Hall–Kier alpha value is -3.74. The molecule has 7 heteroatoms. The summed E-state index contributed by atoms with van der Waals surface area (Å²) in [5.41, 5.74) is 5.99. The van der Waals surface area contributed by atoms with E-state index in [1.807, 2.05) is 29.3 Å². The van der Waals surface area contributed by atoms with Crippen LogP contribution in [0, 0.1) is 6.92 Å². The number of H-pyrrole nitrogens is 1. The fourth-order valence-corrected chi connectivity index (χ4v) is 4.47. The van der Waals surface area contributed by atoms with Gasteiger partial charge in [-0.3, -0.25) is 9.80 Å². The monoisotopic (exact) mass is 429 g/mol. The van der Waals surface area contributed by atoms with Gasteiger partial charge in [-0.25, -0.2) is 0 Å². The number of piperazine rings is 1. The highest BCUT2D eigenvalue weighted by atomic mass is 16.5. The SMILES string of the molecule is C=C1c2[nH]c3ccc(C)cc3c2C=NN1CC(=O)N1CCN(c2ccccc2OC)CC1. The number of carbonyl (C=O) groups excluding carboxylic acids is 1. The van der Waals surface area contributed by atoms with Gasteiger partial charge < -0.3 is 19.5 Å². The van der Waals surface area contributed by atoms with Crippen LogP contribution in [0.4, 0.5) is 5.69 Å². The zero-order valence-corrected chi connectivity index (χ0v) is 18.5. The number of hydrogen-bond donors (Lipinski definition) is 1. The van der Waals surface area contributed by atoms with Crippen LogP contribution in [-0.2, 0) is 4.79 Å². The van der Waals surface area contributed by atoms with Gasteiger partial charge in [-0.2, -0.15) is 5.10 Å². The molecule has 0 spiro atoms. The van der Waals surface area contributed by atoms with Crippen LogP contribution in [0.1, 0.15) is 16.8 Å². The number of ether oxygens (including phenoxy) is 1. The number of nitrogens with one attached hydrogen (secondary N) is 1. The van der Waals surface area contributed by atoms with Crippen molar-refractivity contribution in [3.05, 3.63) is 65.9 Å². The molecule has 164 valence electrons. The third-order valence-corrected chi connectivity index (χ3v) is 6.26. The molecule has 0 unspecified atom stereocenters. The van der Waals surface area contributed by atoms with Crippen LogP contribution in [0.2, 0.25) is 0 Å². The first-order chi connectivity index (χ1) is 15.5. The molecule has 0 bridgehead atoms. The number of hydrogen-bond acceptors (Lipinski definition) is 5. The summed E-state index contributed by atoms with van der Waals surface area (Å²) in [7, 11) is 1.68. The Balaban J connectivity index is 1.25. The second kappa shape index (κ2) is 8.07. The van der Waals surface area contributed by atoms with E-state index in [1.54, 1.807) is 12.1 Å². The Morgan fingerprint density at radius 3 is 2.72 bits per heavy atom. The number of carbonyl (C=O) groups is 1. The van der Waals surface area contributed by atoms with Crippen molar-refractivity contribution in [1.82, 2.24) is 14.9 Å². The minimum atomic E-state index is 0.0541. The minimum absolute atomic E-state index is 0.0541. The molecule has 0 aliphatic carbocycles. The number of nitrogens with zero attached hydrogens (tertiary/aromatic N) is 4. The fraction of sp³-hybridized carbons (Fsp3) is 0.280. The Morgan fingerprint density at radius 2 is 1.94 bits per heavy atom. The number of aryl methyl sites for hydroxylation is 1. The normalized spacial score (nSPS) is 15.9. The van der Waals surface area contributed by atoms with Crippen molar-refractivity contribution in [2.24, 2.45) is 5.10 Å². The van der Waals surface area contributed by atoms with Gasteiger partial charge >= 0.3 is 0 Å². The van der Waals surface area contributed by atoms with Crippen molar-refractivity contribution in [2.75, 3.05) is 44.7 Å². The zero-order chi connectivity index (χ0) is 22.2. The maximum Gasteiger partial charge on any atom is 0.244 e. The van der Waals surface area contributed by atoms with E-state index < -0.39 is 0 Å². The van der Waals surface area contributed by atoms with Crippen molar-refractivity contribution >= 4 is 34.4 Å². The maximum absolute atomic E-state index is 13.0. The molecule has 0 radical (unpaired) electrons. The van der Waals surface area contributed by atoms with Gasteiger partial charge in [0.05, 0.1) is 30.4 Å². The molecular formula is C25H27N5O2. The molecule has 1 N–H and O–H groups in total. The van der Waals surface area contributed by atoms with Gasteiger partial charge in [0.25, 0.3) is 0 Å². The molecule has 3 heterocycles. The lowest BCUT2D eigenvalue weighted by Gasteiger charge is -2.37. The lowest BCUT2D eigenvalue weighted by Crippen LogP contribution is -2.51. The number of anilines is 1. The second-order valence-corrected chi connectivity index (χ2v) is 8.25. The van der Waals surface area contributed by atoms with Crippen molar-refractivity contribution in [1.29, 1.82) is 0 Å². The molecule has 1 saturated heterocycles. The summed E-state index contributed by atoms with van der Waals surface area (Å²) in [6, 6.07) is 14.3. The van der Waals surface area contributed by atoms with Crippen LogP contribution in [-0.4, -0.2) is 66.8 Å². The molecule has 2 aromatic carbocycles. The van der Waals surface area contributed by atoms with E-state index in [0.29, 0.717) is 13.1 Å². The van der Waals surface area contributed by atoms with Crippen molar-refractivity contribution < 1.29 is 9.53 Å². The minimum Gasteiger partial charge on any atom is -0.495 e. The van der Waals surface area contributed by atoms with Gasteiger partial charge in [0.1, 0.15) is 12.3 Å². The van der Waals surface area contributed by atoms with Crippen molar-refractivity contribution in [3.63, 3.8) is 0 Å². The molecule has 2 aliphatic rings.